The van der Waals surface area contributed by atoms with Gasteiger partial charge < -0.3 is 10.3 Å². The van der Waals surface area contributed by atoms with E-state index in [4.69, 9.17) is 0 Å². The third-order valence-electron chi connectivity index (χ3n) is 3.48. The molecule has 0 bridgehead atoms. The molecule has 0 fully saturated rings. The number of carbonyl (C=O) groups excluding carboxylic acids is 1. The third-order valence-corrected chi connectivity index (χ3v) is 3.48. The van der Waals surface area contributed by atoms with Gasteiger partial charge in [-0.05, 0) is 37.1 Å². The van der Waals surface area contributed by atoms with E-state index in [9.17, 15) is 4.79 Å². The highest BCUT2D eigenvalue weighted by Gasteiger charge is 2.07. The Labute approximate surface area is 123 Å². The van der Waals surface area contributed by atoms with Crippen LogP contribution in [0.1, 0.15) is 17.7 Å². The number of para-hydroxylation sites is 1. The number of nitrogens with one attached hydrogen (secondary N) is 2. The highest BCUT2D eigenvalue weighted by atomic mass is 16.1. The first kappa shape index (κ1) is 13.4. The van der Waals surface area contributed by atoms with Crippen LogP contribution in [-0.2, 0) is 11.2 Å². The Bertz CT molecular complexity index is 776. The van der Waals surface area contributed by atoms with Crippen molar-refractivity contribution in [1.29, 1.82) is 0 Å². The molecule has 1 aromatic carbocycles. The lowest BCUT2D eigenvalue weighted by atomic mass is 10.1. The maximum Gasteiger partial charge on any atom is 0.224 e. The van der Waals surface area contributed by atoms with Gasteiger partial charge in [0.15, 0.2) is 0 Å². The molecule has 1 amide bonds. The summed E-state index contributed by atoms with van der Waals surface area (Å²) in [5.41, 5.74) is 3.97. The molecule has 21 heavy (non-hydrogen) atoms. The number of pyridine rings is 1. The van der Waals surface area contributed by atoms with Gasteiger partial charge >= 0.3 is 0 Å². The van der Waals surface area contributed by atoms with Crippen LogP contribution in [0.2, 0.25) is 0 Å². The standard InChI is InChI=1S/C17H17N3O/c1-12-10-14(8-9-18-12)20-17(21)7-6-13-11-19-16-5-3-2-4-15(13)16/h2-5,8-11,19H,6-7H2,1H3,(H,18,20,21). The molecule has 0 aliphatic carbocycles. The summed E-state index contributed by atoms with van der Waals surface area (Å²) < 4.78 is 0. The molecule has 106 valence electrons. The summed E-state index contributed by atoms with van der Waals surface area (Å²) in [6, 6.07) is 11.8. The van der Waals surface area contributed by atoms with Crippen LogP contribution in [0.3, 0.4) is 0 Å². The second-order valence-corrected chi connectivity index (χ2v) is 5.09. The Morgan fingerprint density at radius 3 is 3.00 bits per heavy atom. The molecular formula is C17H17N3O. The minimum absolute atomic E-state index is 0.0193. The Morgan fingerprint density at radius 1 is 1.29 bits per heavy atom. The maximum absolute atomic E-state index is 12.0. The molecule has 0 aliphatic rings. The number of anilines is 1. The molecule has 3 rings (SSSR count). The Balaban J connectivity index is 1.63. The summed E-state index contributed by atoms with van der Waals surface area (Å²) >= 11 is 0. The lowest BCUT2D eigenvalue weighted by molar-refractivity contribution is -0.116. The van der Waals surface area contributed by atoms with E-state index in [-0.39, 0.29) is 5.91 Å². The molecule has 4 heteroatoms. The first-order valence-corrected chi connectivity index (χ1v) is 7.00. The molecule has 2 heterocycles. The largest absolute Gasteiger partial charge is 0.361 e. The SMILES string of the molecule is Cc1cc(NC(=O)CCc2c[nH]c3ccccc23)ccn1. The predicted molar refractivity (Wildman–Crippen MR) is 84.2 cm³/mol. The number of benzene rings is 1. The summed E-state index contributed by atoms with van der Waals surface area (Å²) in [5, 5.41) is 4.09. The van der Waals surface area contributed by atoms with Gasteiger partial charge in [-0.1, -0.05) is 18.2 Å². The number of hydrogen-bond donors (Lipinski definition) is 2. The van der Waals surface area contributed by atoms with Crippen LogP contribution in [0.15, 0.2) is 48.8 Å². The van der Waals surface area contributed by atoms with Crippen molar-refractivity contribution in [2.24, 2.45) is 0 Å². The molecule has 0 spiro atoms. The zero-order chi connectivity index (χ0) is 14.7. The topological polar surface area (TPSA) is 57.8 Å². The molecule has 2 aromatic heterocycles. The van der Waals surface area contributed by atoms with Crippen molar-refractivity contribution in [1.82, 2.24) is 9.97 Å². The van der Waals surface area contributed by atoms with Crippen molar-refractivity contribution in [3.63, 3.8) is 0 Å². The van der Waals surface area contributed by atoms with Crippen LogP contribution in [0.25, 0.3) is 10.9 Å². The molecule has 0 radical (unpaired) electrons. The minimum atomic E-state index is 0.0193. The molecule has 0 saturated carbocycles. The zero-order valence-electron chi connectivity index (χ0n) is 11.9. The second kappa shape index (κ2) is 5.79. The van der Waals surface area contributed by atoms with Gasteiger partial charge in [-0.25, -0.2) is 0 Å². The second-order valence-electron chi connectivity index (χ2n) is 5.09. The smallest absolute Gasteiger partial charge is 0.224 e. The van der Waals surface area contributed by atoms with Gasteiger partial charge in [0.05, 0.1) is 0 Å². The van der Waals surface area contributed by atoms with E-state index in [1.54, 1.807) is 12.3 Å². The zero-order valence-corrected chi connectivity index (χ0v) is 11.9. The number of fused-ring (bicyclic) bond motifs is 1. The number of amides is 1. The van der Waals surface area contributed by atoms with Crippen molar-refractivity contribution in [2.75, 3.05) is 5.32 Å². The number of aryl methyl sites for hydroxylation is 2. The van der Waals surface area contributed by atoms with E-state index in [1.807, 2.05) is 37.4 Å². The number of carbonyl (C=O) groups is 1. The number of H-pyrrole nitrogens is 1. The average Bonchev–Trinajstić information content (AvgIpc) is 2.88. The van der Waals surface area contributed by atoms with E-state index in [1.165, 1.54) is 10.9 Å². The van der Waals surface area contributed by atoms with Crippen molar-refractivity contribution in [3.8, 4) is 0 Å². The molecule has 2 N–H and O–H groups in total. The van der Waals surface area contributed by atoms with Crippen LogP contribution in [0, 0.1) is 6.92 Å². The van der Waals surface area contributed by atoms with E-state index in [2.05, 4.69) is 21.4 Å². The number of hydrogen-bond acceptors (Lipinski definition) is 2. The van der Waals surface area contributed by atoms with Crippen LogP contribution in [-0.4, -0.2) is 15.9 Å². The summed E-state index contributed by atoms with van der Waals surface area (Å²) in [4.78, 5) is 19.4. The predicted octanol–water partition coefficient (Wildman–Crippen LogP) is 3.44. The summed E-state index contributed by atoms with van der Waals surface area (Å²) in [7, 11) is 0. The van der Waals surface area contributed by atoms with Gasteiger partial charge in [0.1, 0.15) is 0 Å². The van der Waals surface area contributed by atoms with Crippen molar-refractivity contribution in [2.45, 2.75) is 19.8 Å². The molecule has 0 aliphatic heterocycles. The van der Waals surface area contributed by atoms with Gasteiger partial charge in [0.25, 0.3) is 0 Å². The number of aromatic amines is 1. The molecular weight excluding hydrogens is 262 g/mol. The molecule has 4 nitrogen and oxygen atoms in total. The first-order valence-electron chi connectivity index (χ1n) is 7.00. The molecule has 0 atom stereocenters. The fourth-order valence-electron chi connectivity index (χ4n) is 2.43. The van der Waals surface area contributed by atoms with Gasteiger partial charge in [-0.3, -0.25) is 9.78 Å². The van der Waals surface area contributed by atoms with E-state index >= 15 is 0 Å². The average molecular weight is 279 g/mol. The summed E-state index contributed by atoms with van der Waals surface area (Å²) in [6.07, 6.45) is 4.86. The maximum atomic E-state index is 12.0. The lowest BCUT2D eigenvalue weighted by Gasteiger charge is -2.05. The number of aromatic nitrogens is 2. The van der Waals surface area contributed by atoms with E-state index in [0.717, 1.165) is 23.3 Å². The van der Waals surface area contributed by atoms with Crippen LogP contribution >= 0.6 is 0 Å². The van der Waals surface area contributed by atoms with Gasteiger partial charge in [-0.15, -0.1) is 0 Å². The minimum Gasteiger partial charge on any atom is -0.361 e. The van der Waals surface area contributed by atoms with Crippen LogP contribution in [0.4, 0.5) is 5.69 Å². The third kappa shape index (κ3) is 3.11. The molecule has 0 unspecified atom stereocenters. The van der Waals surface area contributed by atoms with E-state index in [0.29, 0.717) is 6.42 Å². The van der Waals surface area contributed by atoms with Gasteiger partial charge in [0.2, 0.25) is 5.91 Å². The number of rotatable bonds is 4. The highest BCUT2D eigenvalue weighted by molar-refractivity contribution is 5.91. The van der Waals surface area contributed by atoms with Crippen LogP contribution in [0.5, 0.6) is 0 Å². The lowest BCUT2D eigenvalue weighted by Crippen LogP contribution is -2.12. The quantitative estimate of drug-likeness (QED) is 0.768. The fourth-order valence-corrected chi connectivity index (χ4v) is 2.43. The first-order chi connectivity index (χ1) is 10.2. The van der Waals surface area contributed by atoms with Crippen molar-refractivity contribution >= 4 is 22.5 Å². The Morgan fingerprint density at radius 2 is 2.14 bits per heavy atom. The summed E-state index contributed by atoms with van der Waals surface area (Å²) in [5.74, 6) is 0.0193. The molecule has 3 aromatic rings. The fraction of sp³-hybridized carbons (Fsp3) is 0.176. The van der Waals surface area contributed by atoms with Crippen LogP contribution < -0.4 is 5.32 Å². The Kier molecular flexibility index (Phi) is 3.69. The van der Waals surface area contributed by atoms with Gasteiger partial charge in [-0.2, -0.15) is 0 Å². The summed E-state index contributed by atoms with van der Waals surface area (Å²) in [6.45, 7) is 1.90. The molecule has 0 saturated heterocycles. The van der Waals surface area contributed by atoms with Gasteiger partial charge in [0, 0.05) is 41.1 Å². The number of nitrogens with zero attached hydrogens (tertiary/aromatic N) is 1. The highest BCUT2D eigenvalue weighted by Crippen LogP contribution is 2.19. The van der Waals surface area contributed by atoms with Crippen molar-refractivity contribution < 1.29 is 4.79 Å². The normalized spacial score (nSPS) is 10.7. The van der Waals surface area contributed by atoms with Crippen molar-refractivity contribution in [3.05, 3.63) is 60.0 Å². The monoisotopic (exact) mass is 279 g/mol. The Hall–Kier alpha value is -2.62. The van der Waals surface area contributed by atoms with E-state index < -0.39 is 0 Å².